The molecule has 2 heterocycles. The lowest BCUT2D eigenvalue weighted by Gasteiger charge is -2.43. The van der Waals surface area contributed by atoms with Gasteiger partial charge in [-0.15, -0.1) is 0 Å². The molecular formula is C26H33N3O2. The van der Waals surface area contributed by atoms with E-state index in [4.69, 9.17) is 9.47 Å². The van der Waals surface area contributed by atoms with E-state index in [1.54, 1.807) is 14.2 Å². The zero-order valence-electron chi connectivity index (χ0n) is 18.8. The van der Waals surface area contributed by atoms with Gasteiger partial charge in [-0.25, -0.2) is 0 Å². The number of hydrogen-bond donors (Lipinski definition) is 1. The standard InChI is InChI=1S/C26H33N3O2/c1-4-26(27-24-9-5-6-10-25(24)29-13-7-8-14-29)11-15-28(16-12-26)20-21-17-22(30-2)19-23(18-21)31-3/h5-10,13-14,17-19,27H,4,11-12,15-16,20H2,1-3H3. The van der Waals surface area contributed by atoms with Crippen LogP contribution in [0.2, 0.25) is 0 Å². The van der Waals surface area contributed by atoms with Crippen LogP contribution in [0.1, 0.15) is 31.7 Å². The summed E-state index contributed by atoms with van der Waals surface area (Å²) in [5.74, 6) is 1.69. The first-order valence-corrected chi connectivity index (χ1v) is 11.1. The van der Waals surface area contributed by atoms with E-state index < -0.39 is 0 Å². The Morgan fingerprint density at radius 2 is 1.55 bits per heavy atom. The fourth-order valence-electron chi connectivity index (χ4n) is 4.51. The van der Waals surface area contributed by atoms with Crippen LogP contribution in [-0.2, 0) is 6.54 Å². The lowest BCUT2D eigenvalue weighted by atomic mass is 9.84. The first-order chi connectivity index (χ1) is 15.1. The average Bonchev–Trinajstić information content (AvgIpc) is 3.35. The number of methoxy groups -OCH3 is 2. The summed E-state index contributed by atoms with van der Waals surface area (Å²) in [6, 6.07) is 18.9. The van der Waals surface area contributed by atoms with Crippen molar-refractivity contribution < 1.29 is 9.47 Å². The molecule has 5 heteroatoms. The Morgan fingerprint density at radius 1 is 0.903 bits per heavy atom. The molecule has 1 saturated heterocycles. The molecule has 2 aromatic carbocycles. The van der Waals surface area contributed by atoms with E-state index in [-0.39, 0.29) is 5.54 Å². The summed E-state index contributed by atoms with van der Waals surface area (Å²) in [4.78, 5) is 2.53. The van der Waals surface area contributed by atoms with Crippen molar-refractivity contribution >= 4 is 5.69 Å². The van der Waals surface area contributed by atoms with Gasteiger partial charge >= 0.3 is 0 Å². The number of piperidine rings is 1. The van der Waals surface area contributed by atoms with Crippen LogP contribution in [0.3, 0.4) is 0 Å². The zero-order valence-corrected chi connectivity index (χ0v) is 18.8. The van der Waals surface area contributed by atoms with E-state index in [1.165, 1.54) is 16.9 Å². The molecule has 0 atom stereocenters. The molecule has 4 rings (SSSR count). The highest BCUT2D eigenvalue weighted by Gasteiger charge is 2.33. The zero-order chi connectivity index (χ0) is 21.7. The number of benzene rings is 2. The number of anilines is 1. The Balaban J connectivity index is 1.45. The quantitative estimate of drug-likeness (QED) is 0.534. The normalized spacial score (nSPS) is 16.1. The van der Waals surface area contributed by atoms with E-state index in [9.17, 15) is 0 Å². The summed E-state index contributed by atoms with van der Waals surface area (Å²) >= 11 is 0. The Kier molecular flexibility index (Phi) is 6.52. The number of nitrogens with zero attached hydrogens (tertiary/aromatic N) is 2. The molecule has 1 aliphatic heterocycles. The maximum absolute atomic E-state index is 5.43. The molecule has 0 unspecified atom stereocenters. The number of hydrogen-bond acceptors (Lipinski definition) is 4. The molecule has 1 N–H and O–H groups in total. The summed E-state index contributed by atoms with van der Waals surface area (Å²) in [7, 11) is 3.40. The molecule has 0 amide bonds. The van der Waals surface area contributed by atoms with Gasteiger partial charge in [0, 0.05) is 43.6 Å². The van der Waals surface area contributed by atoms with Crippen LogP contribution in [0.15, 0.2) is 67.0 Å². The van der Waals surface area contributed by atoms with Crippen LogP contribution in [0, 0.1) is 0 Å². The van der Waals surface area contributed by atoms with Crippen molar-refractivity contribution in [3.8, 4) is 17.2 Å². The number of likely N-dealkylation sites (tertiary alicyclic amines) is 1. The average molecular weight is 420 g/mol. The fraction of sp³-hybridized carbons (Fsp3) is 0.385. The highest BCUT2D eigenvalue weighted by atomic mass is 16.5. The SMILES string of the molecule is CCC1(Nc2ccccc2-n2cccc2)CCN(Cc2cc(OC)cc(OC)c2)CC1. The fourth-order valence-corrected chi connectivity index (χ4v) is 4.51. The topological polar surface area (TPSA) is 38.7 Å². The monoisotopic (exact) mass is 419 g/mol. The molecule has 0 radical (unpaired) electrons. The van der Waals surface area contributed by atoms with Crippen LogP contribution < -0.4 is 14.8 Å². The Bertz CT molecular complexity index is 954. The van der Waals surface area contributed by atoms with Crippen LogP contribution in [0.25, 0.3) is 5.69 Å². The first kappa shape index (κ1) is 21.3. The minimum Gasteiger partial charge on any atom is -0.497 e. The molecule has 1 fully saturated rings. The second-order valence-corrected chi connectivity index (χ2v) is 8.36. The van der Waals surface area contributed by atoms with Gasteiger partial charge in [0.25, 0.3) is 0 Å². The summed E-state index contributed by atoms with van der Waals surface area (Å²) in [5, 5.41) is 3.93. The molecule has 5 nitrogen and oxygen atoms in total. The summed E-state index contributed by atoms with van der Waals surface area (Å²) in [6.45, 7) is 5.33. The predicted molar refractivity (Wildman–Crippen MR) is 126 cm³/mol. The number of rotatable bonds is 8. The van der Waals surface area contributed by atoms with Gasteiger partial charge in [0.15, 0.2) is 0 Å². The number of nitrogens with one attached hydrogen (secondary N) is 1. The number of aromatic nitrogens is 1. The maximum Gasteiger partial charge on any atom is 0.122 e. The van der Waals surface area contributed by atoms with Gasteiger partial charge in [0.2, 0.25) is 0 Å². The summed E-state index contributed by atoms with van der Waals surface area (Å²) in [5.41, 5.74) is 3.75. The molecule has 0 saturated carbocycles. The Hall–Kier alpha value is -2.92. The maximum atomic E-state index is 5.43. The minimum atomic E-state index is 0.117. The van der Waals surface area contributed by atoms with Crippen molar-refractivity contribution in [1.82, 2.24) is 9.47 Å². The predicted octanol–water partition coefficient (Wildman–Crippen LogP) is 5.35. The molecule has 1 aromatic heterocycles. The summed E-state index contributed by atoms with van der Waals surface area (Å²) in [6.07, 6.45) is 7.54. The van der Waals surface area contributed by atoms with Crippen molar-refractivity contribution in [3.05, 3.63) is 72.6 Å². The van der Waals surface area contributed by atoms with Gasteiger partial charge in [0.05, 0.1) is 25.6 Å². The van der Waals surface area contributed by atoms with E-state index in [2.05, 4.69) is 82.6 Å². The lowest BCUT2D eigenvalue weighted by Crippen LogP contribution is -2.48. The van der Waals surface area contributed by atoms with E-state index in [0.29, 0.717) is 0 Å². The number of ether oxygens (including phenoxy) is 2. The van der Waals surface area contributed by atoms with Crippen molar-refractivity contribution in [2.24, 2.45) is 0 Å². The first-order valence-electron chi connectivity index (χ1n) is 11.1. The summed E-state index contributed by atoms with van der Waals surface area (Å²) < 4.78 is 13.0. The van der Waals surface area contributed by atoms with Crippen molar-refractivity contribution in [2.75, 3.05) is 32.6 Å². The van der Waals surface area contributed by atoms with Gasteiger partial charge in [-0.2, -0.15) is 0 Å². The second-order valence-electron chi connectivity index (χ2n) is 8.36. The van der Waals surface area contributed by atoms with Gasteiger partial charge < -0.3 is 19.4 Å². The molecule has 0 bridgehead atoms. The molecular weight excluding hydrogens is 386 g/mol. The van der Waals surface area contributed by atoms with Crippen molar-refractivity contribution in [1.29, 1.82) is 0 Å². The van der Waals surface area contributed by atoms with Crippen molar-refractivity contribution in [3.63, 3.8) is 0 Å². The molecule has 0 spiro atoms. The minimum absolute atomic E-state index is 0.117. The highest BCUT2D eigenvalue weighted by Crippen LogP contribution is 2.33. The largest absolute Gasteiger partial charge is 0.497 e. The van der Waals surface area contributed by atoms with Crippen LogP contribution in [0.5, 0.6) is 11.5 Å². The van der Waals surface area contributed by atoms with Crippen LogP contribution in [-0.4, -0.2) is 42.3 Å². The van der Waals surface area contributed by atoms with Crippen LogP contribution in [0.4, 0.5) is 5.69 Å². The highest BCUT2D eigenvalue weighted by molar-refractivity contribution is 5.62. The van der Waals surface area contributed by atoms with E-state index in [0.717, 1.165) is 50.4 Å². The van der Waals surface area contributed by atoms with Gasteiger partial charge in [0.1, 0.15) is 11.5 Å². The molecule has 1 aliphatic rings. The lowest BCUT2D eigenvalue weighted by molar-refractivity contribution is 0.163. The van der Waals surface area contributed by atoms with Gasteiger partial charge in [-0.05, 0) is 61.2 Å². The second kappa shape index (κ2) is 9.48. The van der Waals surface area contributed by atoms with E-state index in [1.807, 2.05) is 6.07 Å². The third-order valence-electron chi connectivity index (χ3n) is 6.49. The Labute approximate surface area is 185 Å². The third-order valence-corrected chi connectivity index (χ3v) is 6.49. The Morgan fingerprint density at radius 3 is 2.16 bits per heavy atom. The third kappa shape index (κ3) is 4.88. The smallest absolute Gasteiger partial charge is 0.122 e. The molecule has 3 aromatic rings. The van der Waals surface area contributed by atoms with E-state index >= 15 is 0 Å². The van der Waals surface area contributed by atoms with Gasteiger partial charge in [-0.1, -0.05) is 19.1 Å². The van der Waals surface area contributed by atoms with Gasteiger partial charge in [-0.3, -0.25) is 4.90 Å². The molecule has 164 valence electrons. The van der Waals surface area contributed by atoms with Crippen molar-refractivity contribution in [2.45, 2.75) is 38.3 Å². The molecule has 31 heavy (non-hydrogen) atoms. The molecule has 0 aliphatic carbocycles. The van der Waals surface area contributed by atoms with Crippen LogP contribution >= 0.6 is 0 Å². The number of para-hydroxylation sites is 2.